The van der Waals surface area contributed by atoms with Gasteiger partial charge in [-0.3, -0.25) is 9.69 Å². The van der Waals surface area contributed by atoms with Crippen molar-refractivity contribution in [2.45, 2.75) is 38.5 Å². The number of amides is 1. The minimum atomic E-state index is -0.428. The minimum Gasteiger partial charge on any atom is -0.360 e. The van der Waals surface area contributed by atoms with Crippen LogP contribution in [0, 0.1) is 0 Å². The fourth-order valence-electron chi connectivity index (χ4n) is 2.81. The third-order valence-electron chi connectivity index (χ3n) is 3.70. The standard InChI is InChI=1S/C19H21NO2/c1-19(2,3)22-17-16(14-10-6-4-7-11-14)20(18(17)21)15-12-8-5-9-13-15/h4-13,16-17H,1-3H3/t16-,17+/m1/s1. The number of nitrogens with zero attached hydrogens (tertiary/aromatic N) is 1. The molecule has 1 heterocycles. The van der Waals surface area contributed by atoms with Crippen LogP contribution in [0.1, 0.15) is 32.4 Å². The average Bonchev–Trinajstić information content (AvgIpc) is 2.51. The lowest BCUT2D eigenvalue weighted by atomic mass is 9.89. The Balaban J connectivity index is 1.95. The molecule has 2 atom stereocenters. The van der Waals surface area contributed by atoms with Gasteiger partial charge in [0.25, 0.3) is 5.91 Å². The summed E-state index contributed by atoms with van der Waals surface area (Å²) in [4.78, 5) is 14.4. The Morgan fingerprint density at radius 2 is 1.45 bits per heavy atom. The number of para-hydroxylation sites is 1. The zero-order valence-electron chi connectivity index (χ0n) is 13.2. The molecule has 22 heavy (non-hydrogen) atoms. The zero-order valence-corrected chi connectivity index (χ0v) is 13.2. The third kappa shape index (κ3) is 2.77. The van der Waals surface area contributed by atoms with Gasteiger partial charge in [0, 0.05) is 5.69 Å². The van der Waals surface area contributed by atoms with Gasteiger partial charge in [0.15, 0.2) is 6.10 Å². The highest BCUT2D eigenvalue weighted by Gasteiger charge is 2.51. The Bertz CT molecular complexity index is 646. The van der Waals surface area contributed by atoms with E-state index in [2.05, 4.69) is 0 Å². The van der Waals surface area contributed by atoms with Gasteiger partial charge in [-0.2, -0.15) is 0 Å². The molecule has 3 rings (SSSR count). The summed E-state index contributed by atoms with van der Waals surface area (Å²) in [7, 11) is 0. The van der Waals surface area contributed by atoms with E-state index >= 15 is 0 Å². The third-order valence-corrected chi connectivity index (χ3v) is 3.70. The number of benzene rings is 2. The maximum Gasteiger partial charge on any atom is 0.259 e. The first-order chi connectivity index (χ1) is 10.5. The van der Waals surface area contributed by atoms with Crippen LogP contribution in [0.4, 0.5) is 5.69 Å². The van der Waals surface area contributed by atoms with Crippen LogP contribution in [0.5, 0.6) is 0 Å². The number of hydrogen-bond acceptors (Lipinski definition) is 2. The van der Waals surface area contributed by atoms with Crippen molar-refractivity contribution in [2.24, 2.45) is 0 Å². The van der Waals surface area contributed by atoms with E-state index in [1.807, 2.05) is 86.3 Å². The Morgan fingerprint density at radius 3 is 2.00 bits per heavy atom. The van der Waals surface area contributed by atoms with E-state index in [1.165, 1.54) is 0 Å². The summed E-state index contributed by atoms with van der Waals surface area (Å²) in [5, 5.41) is 0. The van der Waals surface area contributed by atoms with Gasteiger partial charge in [0.1, 0.15) is 0 Å². The second kappa shape index (κ2) is 5.58. The van der Waals surface area contributed by atoms with Crippen LogP contribution >= 0.6 is 0 Å². The van der Waals surface area contributed by atoms with Crippen molar-refractivity contribution in [3.63, 3.8) is 0 Å². The lowest BCUT2D eigenvalue weighted by molar-refractivity contribution is -0.156. The monoisotopic (exact) mass is 295 g/mol. The number of carbonyl (C=O) groups is 1. The van der Waals surface area contributed by atoms with Crippen molar-refractivity contribution in [1.82, 2.24) is 0 Å². The summed E-state index contributed by atoms with van der Waals surface area (Å²) >= 11 is 0. The van der Waals surface area contributed by atoms with Gasteiger partial charge in [-0.05, 0) is 38.5 Å². The van der Waals surface area contributed by atoms with Crippen LogP contribution in [0.3, 0.4) is 0 Å². The van der Waals surface area contributed by atoms with Gasteiger partial charge in [0.2, 0.25) is 0 Å². The van der Waals surface area contributed by atoms with E-state index in [4.69, 9.17) is 4.74 Å². The van der Waals surface area contributed by atoms with Crippen molar-refractivity contribution in [3.05, 3.63) is 66.2 Å². The number of hydrogen-bond donors (Lipinski definition) is 0. The molecule has 0 bridgehead atoms. The highest BCUT2D eigenvalue weighted by Crippen LogP contribution is 2.42. The fourth-order valence-corrected chi connectivity index (χ4v) is 2.81. The lowest BCUT2D eigenvalue weighted by Crippen LogP contribution is -2.61. The largest absolute Gasteiger partial charge is 0.360 e. The lowest BCUT2D eigenvalue weighted by Gasteiger charge is -2.48. The number of carbonyl (C=O) groups excluding carboxylic acids is 1. The van der Waals surface area contributed by atoms with E-state index in [9.17, 15) is 4.79 Å². The van der Waals surface area contributed by atoms with E-state index in [1.54, 1.807) is 0 Å². The highest BCUT2D eigenvalue weighted by molar-refractivity contribution is 6.05. The van der Waals surface area contributed by atoms with Gasteiger partial charge in [0.05, 0.1) is 11.6 Å². The Labute approximate surface area is 131 Å². The van der Waals surface area contributed by atoms with Gasteiger partial charge in [-0.25, -0.2) is 0 Å². The summed E-state index contributed by atoms with van der Waals surface area (Å²) in [5.74, 6) is 0.0231. The molecule has 114 valence electrons. The Hall–Kier alpha value is -2.13. The summed E-state index contributed by atoms with van der Waals surface area (Å²) in [6.45, 7) is 5.94. The topological polar surface area (TPSA) is 29.5 Å². The van der Waals surface area contributed by atoms with Crippen LogP contribution < -0.4 is 4.90 Å². The van der Waals surface area contributed by atoms with Gasteiger partial charge >= 0.3 is 0 Å². The minimum absolute atomic E-state index is 0.0231. The van der Waals surface area contributed by atoms with E-state index in [-0.39, 0.29) is 17.6 Å². The SMILES string of the molecule is CC(C)(C)O[C@@H]1C(=O)N(c2ccccc2)[C@@H]1c1ccccc1. The molecule has 0 unspecified atom stereocenters. The van der Waals surface area contributed by atoms with Crippen LogP contribution in [-0.4, -0.2) is 17.6 Å². The van der Waals surface area contributed by atoms with Crippen LogP contribution in [-0.2, 0) is 9.53 Å². The number of rotatable bonds is 3. The second-order valence-electron chi connectivity index (χ2n) is 6.55. The smallest absolute Gasteiger partial charge is 0.259 e. The average molecular weight is 295 g/mol. The predicted molar refractivity (Wildman–Crippen MR) is 87.7 cm³/mol. The molecule has 1 saturated heterocycles. The summed E-state index contributed by atoms with van der Waals surface area (Å²) in [6.07, 6.45) is -0.428. The van der Waals surface area contributed by atoms with Crippen molar-refractivity contribution < 1.29 is 9.53 Å². The molecule has 1 fully saturated rings. The molecule has 1 aliphatic heterocycles. The van der Waals surface area contributed by atoms with Crippen molar-refractivity contribution in [2.75, 3.05) is 4.90 Å². The van der Waals surface area contributed by atoms with Gasteiger partial charge in [-0.1, -0.05) is 48.5 Å². The van der Waals surface area contributed by atoms with E-state index in [0.717, 1.165) is 11.3 Å². The van der Waals surface area contributed by atoms with E-state index in [0.29, 0.717) is 0 Å². The van der Waals surface area contributed by atoms with Gasteiger partial charge < -0.3 is 4.74 Å². The normalized spacial score (nSPS) is 21.6. The number of anilines is 1. The summed E-state index contributed by atoms with van der Waals surface area (Å²) < 4.78 is 6.01. The Kier molecular flexibility index (Phi) is 3.75. The van der Waals surface area contributed by atoms with Crippen LogP contribution in [0.15, 0.2) is 60.7 Å². The first-order valence-electron chi connectivity index (χ1n) is 7.58. The molecule has 2 aromatic carbocycles. The molecule has 2 aromatic rings. The number of β-lactam (4-membered cyclic amide) rings is 1. The molecular weight excluding hydrogens is 274 g/mol. The molecule has 0 saturated carbocycles. The molecule has 1 amide bonds. The molecule has 0 spiro atoms. The van der Waals surface area contributed by atoms with Crippen LogP contribution in [0.2, 0.25) is 0 Å². The fraction of sp³-hybridized carbons (Fsp3) is 0.316. The van der Waals surface area contributed by atoms with Crippen LogP contribution in [0.25, 0.3) is 0 Å². The second-order valence-corrected chi connectivity index (χ2v) is 6.55. The zero-order chi connectivity index (χ0) is 15.7. The maximum absolute atomic E-state index is 12.6. The molecule has 0 N–H and O–H groups in total. The summed E-state index contributed by atoms with van der Waals surface area (Å²) in [5.41, 5.74) is 1.66. The first kappa shape index (κ1) is 14.8. The molecule has 0 aromatic heterocycles. The molecule has 1 aliphatic rings. The molecular formula is C19H21NO2. The Morgan fingerprint density at radius 1 is 0.909 bits per heavy atom. The molecule has 0 aliphatic carbocycles. The van der Waals surface area contributed by atoms with E-state index < -0.39 is 6.10 Å². The van der Waals surface area contributed by atoms with Crippen molar-refractivity contribution in [1.29, 1.82) is 0 Å². The predicted octanol–water partition coefficient (Wildman–Crippen LogP) is 3.96. The van der Waals surface area contributed by atoms with Crippen molar-refractivity contribution in [3.8, 4) is 0 Å². The highest BCUT2D eigenvalue weighted by atomic mass is 16.5. The van der Waals surface area contributed by atoms with Crippen molar-refractivity contribution >= 4 is 11.6 Å². The quantitative estimate of drug-likeness (QED) is 0.802. The summed E-state index contributed by atoms with van der Waals surface area (Å²) in [6, 6.07) is 19.8. The van der Waals surface area contributed by atoms with Gasteiger partial charge in [-0.15, -0.1) is 0 Å². The molecule has 3 heteroatoms. The molecule has 3 nitrogen and oxygen atoms in total. The number of ether oxygens (including phenoxy) is 1. The maximum atomic E-state index is 12.6. The first-order valence-corrected chi connectivity index (χ1v) is 7.58. The molecule has 0 radical (unpaired) electrons.